The predicted molar refractivity (Wildman–Crippen MR) is 176 cm³/mol. The van der Waals surface area contributed by atoms with Gasteiger partial charge < -0.3 is 9.80 Å². The summed E-state index contributed by atoms with van der Waals surface area (Å²) in [5.74, 6) is 0.762. The Labute approximate surface area is 256 Å². The lowest BCUT2D eigenvalue weighted by atomic mass is 10.0. The molecule has 0 unspecified atom stereocenters. The second-order valence-electron chi connectivity index (χ2n) is 11.5. The summed E-state index contributed by atoms with van der Waals surface area (Å²) in [5.41, 5.74) is 1.35. The number of nitriles is 1. The van der Waals surface area contributed by atoms with Gasteiger partial charge in [0, 0.05) is 44.8 Å². The molecular formula is C32H49N5O2S2. The highest BCUT2D eigenvalue weighted by Gasteiger charge is 2.33. The first-order valence-electron chi connectivity index (χ1n) is 15.7. The number of aromatic nitrogens is 1. The molecule has 1 aromatic rings. The fourth-order valence-electron chi connectivity index (χ4n) is 5.61. The van der Waals surface area contributed by atoms with Gasteiger partial charge in [-0.05, 0) is 38.5 Å². The first-order valence-corrected chi connectivity index (χ1v) is 16.9. The van der Waals surface area contributed by atoms with Crippen molar-refractivity contribution in [3.05, 3.63) is 31.9 Å². The maximum absolute atomic E-state index is 13.5. The standard InChI is InChI=1S/C32H49N5O2S2/c1-5-7-9-10-11-12-13-14-15-16-18-37-31(39)28(41-32(37)40)23-26-25(3)27(24-33)30(38)36(17-8-6-2)29(26)35-21-19-34(4)20-22-35/h23H,5-22H2,1-4H3. The molecule has 0 saturated carbocycles. The molecule has 1 amide bonds. The lowest BCUT2D eigenvalue weighted by molar-refractivity contribution is -0.122. The van der Waals surface area contributed by atoms with Crippen LogP contribution in [0.3, 0.4) is 0 Å². The number of hydrogen-bond donors (Lipinski definition) is 0. The van der Waals surface area contributed by atoms with E-state index in [0.717, 1.165) is 63.2 Å². The van der Waals surface area contributed by atoms with Gasteiger partial charge in [0.25, 0.3) is 11.5 Å². The predicted octanol–water partition coefficient (Wildman–Crippen LogP) is 6.70. The molecule has 1 aromatic heterocycles. The van der Waals surface area contributed by atoms with Gasteiger partial charge in [-0.1, -0.05) is 102 Å². The molecule has 2 fully saturated rings. The molecule has 2 saturated heterocycles. The largest absolute Gasteiger partial charge is 0.355 e. The maximum Gasteiger partial charge on any atom is 0.270 e. The number of thioether (sulfide) groups is 1. The van der Waals surface area contributed by atoms with Crippen molar-refractivity contribution in [1.82, 2.24) is 14.4 Å². The normalized spacial score (nSPS) is 17.2. The molecule has 226 valence electrons. The maximum atomic E-state index is 13.5. The molecule has 7 nitrogen and oxygen atoms in total. The van der Waals surface area contributed by atoms with E-state index in [1.54, 1.807) is 9.47 Å². The van der Waals surface area contributed by atoms with Crippen LogP contribution in [0.5, 0.6) is 0 Å². The van der Waals surface area contributed by atoms with E-state index in [1.165, 1.54) is 63.1 Å². The molecule has 2 aliphatic rings. The summed E-state index contributed by atoms with van der Waals surface area (Å²) in [7, 11) is 2.10. The van der Waals surface area contributed by atoms with Crippen molar-refractivity contribution in [2.45, 2.75) is 104 Å². The van der Waals surface area contributed by atoms with E-state index >= 15 is 0 Å². The highest BCUT2D eigenvalue weighted by molar-refractivity contribution is 8.26. The zero-order valence-electron chi connectivity index (χ0n) is 25.7. The quantitative estimate of drug-likeness (QED) is 0.119. The Hall–Kier alpha value is -2.15. The van der Waals surface area contributed by atoms with E-state index in [2.05, 4.69) is 36.8 Å². The molecule has 0 radical (unpaired) electrons. The average Bonchev–Trinajstić information content (AvgIpc) is 3.23. The number of unbranched alkanes of at least 4 members (excludes halogenated alkanes) is 10. The minimum atomic E-state index is -0.238. The zero-order valence-corrected chi connectivity index (χ0v) is 27.3. The second kappa shape index (κ2) is 17.1. The number of hydrogen-bond acceptors (Lipinski definition) is 7. The van der Waals surface area contributed by atoms with Crippen molar-refractivity contribution >= 4 is 46.1 Å². The molecule has 0 spiro atoms. The van der Waals surface area contributed by atoms with E-state index < -0.39 is 0 Å². The van der Waals surface area contributed by atoms with E-state index in [1.807, 2.05) is 13.0 Å². The van der Waals surface area contributed by atoms with Crippen LogP contribution in [-0.2, 0) is 11.3 Å². The number of carbonyl (C=O) groups excluding carboxylic acids is 1. The van der Waals surface area contributed by atoms with Gasteiger partial charge >= 0.3 is 0 Å². The number of amides is 1. The van der Waals surface area contributed by atoms with Gasteiger partial charge in [-0.15, -0.1) is 0 Å². The molecule has 0 bridgehead atoms. The molecular weight excluding hydrogens is 551 g/mol. The fraction of sp³-hybridized carbons (Fsp3) is 0.688. The van der Waals surface area contributed by atoms with E-state index in [4.69, 9.17) is 12.2 Å². The van der Waals surface area contributed by atoms with Crippen molar-refractivity contribution in [3.63, 3.8) is 0 Å². The Morgan fingerprint density at radius 1 is 0.878 bits per heavy atom. The molecule has 0 aliphatic carbocycles. The van der Waals surface area contributed by atoms with Crippen molar-refractivity contribution in [1.29, 1.82) is 5.26 Å². The molecule has 0 atom stereocenters. The summed E-state index contributed by atoms with van der Waals surface area (Å²) in [6.45, 7) is 10.7. The third-order valence-corrected chi connectivity index (χ3v) is 9.65. The van der Waals surface area contributed by atoms with Crippen LogP contribution in [-0.4, -0.2) is 64.4 Å². The van der Waals surface area contributed by atoms with Crippen LogP contribution < -0.4 is 10.5 Å². The number of likely N-dealkylation sites (N-methyl/N-ethyl adjacent to an activating group) is 1. The van der Waals surface area contributed by atoms with Gasteiger partial charge in [0.15, 0.2) is 0 Å². The highest BCUT2D eigenvalue weighted by Crippen LogP contribution is 2.36. The topological polar surface area (TPSA) is 72.6 Å². The van der Waals surface area contributed by atoms with Gasteiger partial charge in [0.1, 0.15) is 21.8 Å². The summed E-state index contributed by atoms with van der Waals surface area (Å²) in [6.07, 6.45) is 16.1. The van der Waals surface area contributed by atoms with Crippen molar-refractivity contribution in [3.8, 4) is 6.07 Å². The van der Waals surface area contributed by atoms with Crippen LogP contribution in [0.1, 0.15) is 108 Å². The Morgan fingerprint density at radius 3 is 2.05 bits per heavy atom. The number of pyridine rings is 1. The number of anilines is 1. The zero-order chi connectivity index (χ0) is 29.8. The number of piperazine rings is 1. The Morgan fingerprint density at radius 2 is 1.46 bits per heavy atom. The smallest absolute Gasteiger partial charge is 0.270 e. The molecule has 3 heterocycles. The van der Waals surface area contributed by atoms with Crippen molar-refractivity contribution < 1.29 is 4.79 Å². The highest BCUT2D eigenvalue weighted by atomic mass is 32.2. The molecule has 0 aromatic carbocycles. The Balaban J connectivity index is 1.77. The molecule has 0 N–H and O–H groups in total. The SMILES string of the molecule is CCCCCCCCCCCCN1C(=O)C(=Cc2c(C)c(C#N)c(=O)n(CCCC)c2N2CCN(C)CC2)SC1=S. The number of rotatable bonds is 16. The third-order valence-electron chi connectivity index (χ3n) is 8.27. The fourth-order valence-corrected chi connectivity index (χ4v) is 6.90. The first kappa shape index (κ1) is 33.4. The van der Waals surface area contributed by atoms with Crippen LogP contribution in [0, 0.1) is 18.3 Å². The van der Waals surface area contributed by atoms with Gasteiger partial charge in [-0.2, -0.15) is 5.26 Å². The molecule has 41 heavy (non-hydrogen) atoms. The minimum absolute atomic E-state index is 0.0653. The minimum Gasteiger partial charge on any atom is -0.355 e. The van der Waals surface area contributed by atoms with Gasteiger partial charge in [0.2, 0.25) is 0 Å². The van der Waals surface area contributed by atoms with Crippen LogP contribution >= 0.6 is 24.0 Å². The lowest BCUT2D eigenvalue weighted by Gasteiger charge is -2.36. The number of carbonyl (C=O) groups is 1. The summed E-state index contributed by atoms with van der Waals surface area (Å²) in [4.78, 5) is 33.8. The Bertz CT molecular complexity index is 1180. The van der Waals surface area contributed by atoms with E-state index in [-0.39, 0.29) is 17.0 Å². The monoisotopic (exact) mass is 599 g/mol. The lowest BCUT2D eigenvalue weighted by Crippen LogP contribution is -2.47. The summed E-state index contributed by atoms with van der Waals surface area (Å²) >= 11 is 6.98. The van der Waals surface area contributed by atoms with Crippen LogP contribution in [0.25, 0.3) is 6.08 Å². The number of nitrogens with zero attached hydrogens (tertiary/aromatic N) is 5. The van der Waals surface area contributed by atoms with Crippen LogP contribution in [0.4, 0.5) is 5.82 Å². The van der Waals surface area contributed by atoms with E-state index in [0.29, 0.717) is 27.9 Å². The summed E-state index contributed by atoms with van der Waals surface area (Å²) in [6, 6.07) is 2.16. The van der Waals surface area contributed by atoms with Gasteiger partial charge in [-0.3, -0.25) is 19.1 Å². The number of thiocarbonyl (C=S) groups is 1. The van der Waals surface area contributed by atoms with Crippen molar-refractivity contribution in [2.75, 3.05) is 44.7 Å². The van der Waals surface area contributed by atoms with Crippen LogP contribution in [0.2, 0.25) is 0 Å². The summed E-state index contributed by atoms with van der Waals surface area (Å²) < 4.78 is 2.37. The Kier molecular flexibility index (Phi) is 13.9. The van der Waals surface area contributed by atoms with Gasteiger partial charge in [-0.25, -0.2) is 0 Å². The first-order chi connectivity index (χ1) is 19.8. The molecule has 2 aliphatic heterocycles. The van der Waals surface area contributed by atoms with Crippen LogP contribution in [0.15, 0.2) is 9.70 Å². The van der Waals surface area contributed by atoms with Gasteiger partial charge in [0.05, 0.1) is 4.91 Å². The van der Waals surface area contributed by atoms with Crippen molar-refractivity contribution in [2.24, 2.45) is 0 Å². The molecule has 9 heteroatoms. The second-order valence-corrected chi connectivity index (χ2v) is 13.1. The summed E-state index contributed by atoms with van der Waals surface area (Å²) in [5, 5.41) is 9.92. The third kappa shape index (κ3) is 8.92. The van der Waals surface area contributed by atoms with E-state index in [9.17, 15) is 14.9 Å². The molecule has 3 rings (SSSR count). The average molecular weight is 600 g/mol.